The molecule has 0 radical (unpaired) electrons. The second-order valence-corrected chi connectivity index (χ2v) is 8.99. The number of aryl methyl sites for hydroxylation is 1. The van der Waals surface area contributed by atoms with E-state index in [0.29, 0.717) is 35.3 Å². The van der Waals surface area contributed by atoms with Crippen molar-refractivity contribution in [2.45, 2.75) is 38.9 Å². The summed E-state index contributed by atoms with van der Waals surface area (Å²) in [6.45, 7) is 1.74. The highest BCUT2D eigenvalue weighted by Crippen LogP contribution is 2.49. The summed E-state index contributed by atoms with van der Waals surface area (Å²) in [4.78, 5) is 33.8. The third-order valence-electron chi connectivity index (χ3n) is 6.20. The molecule has 1 fully saturated rings. The van der Waals surface area contributed by atoms with Crippen LogP contribution in [0.3, 0.4) is 0 Å². The number of nitrogens with one attached hydrogen (secondary N) is 3. The monoisotopic (exact) mass is 497 g/mol. The molecule has 1 aliphatic carbocycles. The van der Waals surface area contributed by atoms with E-state index in [-0.39, 0.29) is 30.3 Å². The maximum Gasteiger partial charge on any atom is 0.418 e. The second kappa shape index (κ2) is 9.96. The summed E-state index contributed by atoms with van der Waals surface area (Å²) in [6, 6.07) is 9.01. The molecule has 2 aromatic heterocycles. The third-order valence-corrected chi connectivity index (χ3v) is 6.20. The van der Waals surface area contributed by atoms with Gasteiger partial charge in [0.2, 0.25) is 5.91 Å². The highest BCUT2D eigenvalue weighted by molar-refractivity contribution is 6.01. The molecular formula is C26H26F3N5O2. The van der Waals surface area contributed by atoms with Gasteiger partial charge in [-0.15, -0.1) is 0 Å². The molecule has 0 saturated heterocycles. The molecule has 0 spiro atoms. The van der Waals surface area contributed by atoms with Gasteiger partial charge in [-0.2, -0.15) is 13.2 Å². The topological polar surface area (TPSA) is 96.0 Å². The summed E-state index contributed by atoms with van der Waals surface area (Å²) < 4.78 is 40.1. The van der Waals surface area contributed by atoms with Gasteiger partial charge >= 0.3 is 6.18 Å². The molecule has 1 aromatic carbocycles. The summed E-state index contributed by atoms with van der Waals surface area (Å²) in [6.07, 6.45) is 1.38. The number of pyridine rings is 2. The van der Waals surface area contributed by atoms with Crippen LogP contribution in [0.5, 0.6) is 0 Å². The summed E-state index contributed by atoms with van der Waals surface area (Å²) >= 11 is 0. The van der Waals surface area contributed by atoms with Gasteiger partial charge in [0.05, 0.1) is 46.5 Å². The van der Waals surface area contributed by atoms with Crippen molar-refractivity contribution in [3.63, 3.8) is 0 Å². The Bertz CT molecular complexity index is 1270. The summed E-state index contributed by atoms with van der Waals surface area (Å²) in [5, 5.41) is 8.53. The highest BCUT2D eigenvalue weighted by atomic mass is 19.4. The van der Waals surface area contributed by atoms with Crippen LogP contribution in [-0.4, -0.2) is 28.7 Å². The minimum Gasteiger partial charge on any atom is -0.387 e. The number of halogens is 3. The number of carbonyl (C=O) groups excluding carboxylic acids is 2. The minimum atomic E-state index is -4.49. The van der Waals surface area contributed by atoms with Gasteiger partial charge in [0.1, 0.15) is 0 Å². The van der Waals surface area contributed by atoms with Crippen LogP contribution in [0.1, 0.15) is 46.4 Å². The molecule has 1 amide bonds. The molecule has 0 aliphatic heterocycles. The van der Waals surface area contributed by atoms with Crippen molar-refractivity contribution >= 4 is 28.8 Å². The van der Waals surface area contributed by atoms with Crippen molar-refractivity contribution < 1.29 is 22.8 Å². The molecule has 0 bridgehead atoms. The van der Waals surface area contributed by atoms with Crippen LogP contribution in [-0.2, 0) is 17.5 Å². The number of Topliss-reactive ketones (excluding diaryl/α,β-unsaturated/α-hetero) is 1. The lowest BCUT2D eigenvalue weighted by Gasteiger charge is -2.16. The summed E-state index contributed by atoms with van der Waals surface area (Å²) in [7, 11) is 1.74. The number of ketones is 1. The van der Waals surface area contributed by atoms with E-state index in [1.807, 2.05) is 0 Å². The van der Waals surface area contributed by atoms with Gasteiger partial charge < -0.3 is 16.0 Å². The molecule has 1 saturated carbocycles. The number of benzene rings is 1. The number of anilines is 3. The van der Waals surface area contributed by atoms with Crippen molar-refractivity contribution in [2.24, 2.45) is 5.41 Å². The number of alkyl halides is 3. The molecule has 3 N–H and O–H groups in total. The van der Waals surface area contributed by atoms with Crippen LogP contribution in [0.15, 0.2) is 55.0 Å². The second-order valence-electron chi connectivity index (χ2n) is 8.99. The van der Waals surface area contributed by atoms with Crippen molar-refractivity contribution in [3.05, 3.63) is 77.4 Å². The van der Waals surface area contributed by atoms with Gasteiger partial charge in [-0.1, -0.05) is 11.6 Å². The zero-order valence-electron chi connectivity index (χ0n) is 19.9. The largest absolute Gasteiger partial charge is 0.418 e. The number of hydrogen-bond donors (Lipinski definition) is 3. The van der Waals surface area contributed by atoms with E-state index in [0.717, 1.165) is 11.8 Å². The molecule has 0 unspecified atom stereocenters. The van der Waals surface area contributed by atoms with E-state index in [9.17, 15) is 22.8 Å². The third kappa shape index (κ3) is 5.81. The lowest BCUT2D eigenvalue weighted by Crippen LogP contribution is -2.33. The quantitative estimate of drug-likeness (QED) is 0.349. The standard InChI is InChI=1S/C26H26F3N5O2/c1-16-3-6-22(21(9-16)26(27,28)29)34-19-5-4-18(32-15-19)14-33-24(36)25(7-8-25)11-23(35)17-10-20(30-2)13-31-12-17/h3-6,9-10,12-13,15,30,34H,7-8,11,14H2,1-2H3,(H,33,36). The molecule has 0 atom stereocenters. The normalized spacial score (nSPS) is 14.1. The average molecular weight is 498 g/mol. The molecule has 188 valence electrons. The fourth-order valence-corrected chi connectivity index (χ4v) is 3.89. The van der Waals surface area contributed by atoms with Crippen LogP contribution in [0.2, 0.25) is 0 Å². The van der Waals surface area contributed by atoms with E-state index in [4.69, 9.17) is 0 Å². The summed E-state index contributed by atoms with van der Waals surface area (Å²) in [5.41, 5.74) is 1.07. The van der Waals surface area contributed by atoms with Crippen LogP contribution < -0.4 is 16.0 Å². The number of carbonyl (C=O) groups is 2. The fourth-order valence-electron chi connectivity index (χ4n) is 3.89. The first-order chi connectivity index (χ1) is 17.1. The predicted octanol–water partition coefficient (Wildman–Crippen LogP) is 5.26. The number of rotatable bonds is 9. The van der Waals surface area contributed by atoms with E-state index in [1.54, 1.807) is 44.4 Å². The average Bonchev–Trinajstić information content (AvgIpc) is 3.64. The Morgan fingerprint density at radius 1 is 1.03 bits per heavy atom. The Kier molecular flexibility index (Phi) is 6.96. The van der Waals surface area contributed by atoms with Crippen LogP contribution >= 0.6 is 0 Å². The van der Waals surface area contributed by atoms with Gasteiger partial charge in [0, 0.05) is 31.4 Å². The maximum atomic E-state index is 13.4. The molecule has 4 rings (SSSR count). The van der Waals surface area contributed by atoms with Gasteiger partial charge in [0.15, 0.2) is 5.78 Å². The van der Waals surface area contributed by atoms with Crippen molar-refractivity contribution in [2.75, 3.05) is 17.7 Å². The Balaban J connectivity index is 1.35. The molecule has 3 aromatic rings. The highest BCUT2D eigenvalue weighted by Gasteiger charge is 2.51. The number of hydrogen-bond acceptors (Lipinski definition) is 6. The summed E-state index contributed by atoms with van der Waals surface area (Å²) in [5.74, 6) is -0.359. The van der Waals surface area contributed by atoms with E-state index in [1.165, 1.54) is 18.5 Å². The van der Waals surface area contributed by atoms with Crippen LogP contribution in [0, 0.1) is 12.3 Å². The first-order valence-corrected chi connectivity index (χ1v) is 11.4. The smallest absolute Gasteiger partial charge is 0.387 e. The van der Waals surface area contributed by atoms with Gasteiger partial charge in [-0.05, 0) is 50.1 Å². The maximum absolute atomic E-state index is 13.4. The molecule has 36 heavy (non-hydrogen) atoms. The zero-order chi connectivity index (χ0) is 25.9. The van der Waals surface area contributed by atoms with Gasteiger partial charge in [0.25, 0.3) is 0 Å². The predicted molar refractivity (Wildman–Crippen MR) is 130 cm³/mol. The van der Waals surface area contributed by atoms with E-state index < -0.39 is 17.2 Å². The Morgan fingerprint density at radius 2 is 1.81 bits per heavy atom. The van der Waals surface area contributed by atoms with Crippen LogP contribution in [0.25, 0.3) is 0 Å². The molecule has 2 heterocycles. The molecule has 7 nitrogen and oxygen atoms in total. The first-order valence-electron chi connectivity index (χ1n) is 11.4. The van der Waals surface area contributed by atoms with Crippen molar-refractivity contribution in [3.8, 4) is 0 Å². The van der Waals surface area contributed by atoms with Gasteiger partial charge in [-0.25, -0.2) is 0 Å². The SMILES string of the molecule is CNc1cncc(C(=O)CC2(C(=O)NCc3ccc(Nc4ccc(C)cc4C(F)(F)F)cn3)CC2)c1. The van der Waals surface area contributed by atoms with E-state index >= 15 is 0 Å². The Labute approximate surface area is 206 Å². The zero-order valence-corrected chi connectivity index (χ0v) is 19.9. The van der Waals surface area contributed by atoms with Crippen molar-refractivity contribution in [1.29, 1.82) is 0 Å². The minimum absolute atomic E-state index is 0.0632. The van der Waals surface area contributed by atoms with Crippen LogP contribution in [0.4, 0.5) is 30.2 Å². The number of amides is 1. The van der Waals surface area contributed by atoms with Gasteiger partial charge in [-0.3, -0.25) is 19.6 Å². The lowest BCUT2D eigenvalue weighted by molar-refractivity contribution is -0.137. The van der Waals surface area contributed by atoms with E-state index in [2.05, 4.69) is 25.9 Å². The number of nitrogens with zero attached hydrogens (tertiary/aromatic N) is 2. The lowest BCUT2D eigenvalue weighted by atomic mass is 9.95. The van der Waals surface area contributed by atoms with Crippen molar-refractivity contribution in [1.82, 2.24) is 15.3 Å². The molecule has 1 aliphatic rings. The fraction of sp³-hybridized carbons (Fsp3) is 0.308. The Hall–Kier alpha value is -3.95. The molecular weight excluding hydrogens is 471 g/mol. The first kappa shape index (κ1) is 25.2. The molecule has 10 heteroatoms. The number of aromatic nitrogens is 2. The Morgan fingerprint density at radius 3 is 2.44 bits per heavy atom.